The van der Waals surface area contributed by atoms with E-state index in [0.29, 0.717) is 31.6 Å². The van der Waals surface area contributed by atoms with E-state index in [-0.39, 0.29) is 11.8 Å². The average molecular weight is 557 g/mol. The zero-order chi connectivity index (χ0) is 25.4. The van der Waals surface area contributed by atoms with E-state index < -0.39 is 11.6 Å². The molecule has 0 saturated carbocycles. The molecule has 0 spiro atoms. The first-order valence-electron chi connectivity index (χ1n) is 12.8. The van der Waals surface area contributed by atoms with Crippen molar-refractivity contribution < 1.29 is 9.90 Å². The molecule has 1 N–H and O–H groups in total. The van der Waals surface area contributed by atoms with Crippen LogP contribution in [0.15, 0.2) is 89.8 Å². The first-order chi connectivity index (χ1) is 18.1. The molecule has 37 heavy (non-hydrogen) atoms. The molecule has 2 unspecified atom stereocenters. The third-order valence-corrected chi connectivity index (χ3v) is 8.55. The molecule has 6 rings (SSSR count). The van der Waals surface area contributed by atoms with Crippen molar-refractivity contribution in [1.82, 2.24) is 19.4 Å². The van der Waals surface area contributed by atoms with E-state index in [9.17, 15) is 9.90 Å². The van der Waals surface area contributed by atoms with E-state index >= 15 is 0 Å². The molecule has 188 valence electrons. The van der Waals surface area contributed by atoms with Crippen LogP contribution in [0.5, 0.6) is 0 Å². The van der Waals surface area contributed by atoms with Crippen LogP contribution in [0, 0.1) is 5.92 Å². The number of benzene rings is 2. The van der Waals surface area contributed by atoms with E-state index in [4.69, 9.17) is 0 Å². The van der Waals surface area contributed by atoms with E-state index in [1.54, 1.807) is 6.20 Å². The van der Waals surface area contributed by atoms with E-state index in [2.05, 4.69) is 72.9 Å². The van der Waals surface area contributed by atoms with Gasteiger partial charge in [-0.2, -0.15) is 0 Å². The van der Waals surface area contributed by atoms with Crippen molar-refractivity contribution in [2.45, 2.75) is 37.3 Å². The van der Waals surface area contributed by atoms with Crippen LogP contribution in [-0.2, 0) is 10.3 Å². The second-order valence-corrected chi connectivity index (χ2v) is 10.9. The summed E-state index contributed by atoms with van der Waals surface area (Å²) in [5.41, 5.74) is 3.66. The van der Waals surface area contributed by atoms with Gasteiger partial charge in [-0.25, -0.2) is 4.98 Å². The smallest absolute Gasteiger partial charge is 0.222 e. The van der Waals surface area contributed by atoms with Crippen LogP contribution in [0.4, 0.5) is 0 Å². The Bertz CT molecular complexity index is 1400. The predicted octanol–water partition coefficient (Wildman–Crippen LogP) is 5.57. The number of pyridine rings is 1. The molecule has 1 saturated heterocycles. The number of aromatic nitrogens is 3. The van der Waals surface area contributed by atoms with Crippen LogP contribution < -0.4 is 0 Å². The lowest BCUT2D eigenvalue weighted by atomic mass is 9.79. The fraction of sp³-hybridized carbons (Fsp3) is 0.300. The first-order valence-corrected chi connectivity index (χ1v) is 13.6. The summed E-state index contributed by atoms with van der Waals surface area (Å²) >= 11 is 3.57. The molecule has 7 heteroatoms. The van der Waals surface area contributed by atoms with Crippen LogP contribution in [0.3, 0.4) is 0 Å². The standard InChI is InChI=1S/C30H29BrN4O2/c31-23-10-8-22(9-11-23)30(25-6-2-1-5-24(25)29-33-17-20-35(29)30)15-12-27(36)34-18-13-21(14-19-34)28(37)26-7-3-4-16-32-26/h1-11,16-17,20-21,28,37H,12-15,18-19H2. The van der Waals surface area contributed by atoms with Crippen molar-refractivity contribution in [2.24, 2.45) is 5.92 Å². The fourth-order valence-electron chi connectivity index (χ4n) is 6.10. The van der Waals surface area contributed by atoms with Crippen molar-refractivity contribution >= 4 is 21.8 Å². The number of fused-ring (bicyclic) bond motifs is 3. The van der Waals surface area contributed by atoms with Gasteiger partial charge in [0.05, 0.1) is 17.3 Å². The molecule has 0 radical (unpaired) electrons. The summed E-state index contributed by atoms with van der Waals surface area (Å²) < 4.78 is 3.26. The normalized spacial score (nSPS) is 19.9. The highest BCUT2D eigenvalue weighted by atomic mass is 79.9. The number of rotatable bonds is 6. The summed E-state index contributed by atoms with van der Waals surface area (Å²) in [6.07, 6.45) is 7.62. The Morgan fingerprint density at radius 3 is 2.51 bits per heavy atom. The second kappa shape index (κ2) is 9.88. The van der Waals surface area contributed by atoms with Crippen molar-refractivity contribution in [3.63, 3.8) is 0 Å². The Hall–Kier alpha value is -3.29. The van der Waals surface area contributed by atoms with Gasteiger partial charge >= 0.3 is 0 Å². The van der Waals surface area contributed by atoms with Gasteiger partial charge in [0.15, 0.2) is 0 Å². The summed E-state index contributed by atoms with van der Waals surface area (Å²) in [5, 5.41) is 10.8. The third kappa shape index (κ3) is 4.20. The molecule has 2 aromatic carbocycles. The third-order valence-electron chi connectivity index (χ3n) is 8.02. The monoisotopic (exact) mass is 556 g/mol. The minimum Gasteiger partial charge on any atom is -0.387 e. The quantitative estimate of drug-likeness (QED) is 0.337. The van der Waals surface area contributed by atoms with Gasteiger partial charge in [-0.3, -0.25) is 9.78 Å². The Morgan fingerprint density at radius 2 is 1.76 bits per heavy atom. The SMILES string of the molecule is O=C(CCC1(c2ccc(Br)cc2)c2ccccc2-c2nccn21)N1CCC(C(O)c2ccccn2)CC1. The summed E-state index contributed by atoms with van der Waals surface area (Å²) in [4.78, 5) is 24.5. The summed E-state index contributed by atoms with van der Waals surface area (Å²) in [5.74, 6) is 1.21. The van der Waals surface area contributed by atoms with Gasteiger partial charge in [0, 0.05) is 48.1 Å². The number of amides is 1. The van der Waals surface area contributed by atoms with Gasteiger partial charge in [0.1, 0.15) is 5.82 Å². The molecule has 4 heterocycles. The first kappa shape index (κ1) is 24.1. The number of hydrogen-bond donors (Lipinski definition) is 1. The van der Waals surface area contributed by atoms with Gasteiger partial charge in [-0.05, 0) is 60.6 Å². The largest absolute Gasteiger partial charge is 0.387 e. The summed E-state index contributed by atoms with van der Waals surface area (Å²) in [6, 6.07) is 22.4. The maximum Gasteiger partial charge on any atom is 0.222 e. The number of aliphatic hydroxyl groups is 1. The molecule has 4 aromatic rings. The minimum atomic E-state index is -0.589. The van der Waals surface area contributed by atoms with Gasteiger partial charge in [-0.15, -0.1) is 0 Å². The van der Waals surface area contributed by atoms with Crippen molar-refractivity contribution in [1.29, 1.82) is 0 Å². The molecule has 2 aliphatic rings. The topological polar surface area (TPSA) is 71.2 Å². The molecule has 0 aliphatic carbocycles. The van der Waals surface area contributed by atoms with Gasteiger partial charge in [0.25, 0.3) is 0 Å². The molecular formula is C30H29BrN4O2. The maximum atomic E-state index is 13.5. The van der Waals surface area contributed by atoms with Gasteiger partial charge in [-0.1, -0.05) is 58.4 Å². The average Bonchev–Trinajstić information content (AvgIpc) is 3.54. The van der Waals surface area contributed by atoms with Crippen molar-refractivity contribution in [3.8, 4) is 11.4 Å². The summed E-state index contributed by atoms with van der Waals surface area (Å²) in [6.45, 7) is 1.32. The second-order valence-electron chi connectivity index (χ2n) is 9.95. The minimum absolute atomic E-state index is 0.114. The number of piperidine rings is 1. The number of carbonyl (C=O) groups excluding carboxylic acids is 1. The van der Waals surface area contributed by atoms with Crippen molar-refractivity contribution in [3.05, 3.63) is 107 Å². The molecule has 6 nitrogen and oxygen atoms in total. The Morgan fingerprint density at radius 1 is 1.00 bits per heavy atom. The number of aliphatic hydroxyl groups excluding tert-OH is 1. The van der Waals surface area contributed by atoms with Crippen LogP contribution in [-0.4, -0.2) is 43.5 Å². The van der Waals surface area contributed by atoms with E-state index in [1.807, 2.05) is 41.6 Å². The number of halogens is 1. The number of likely N-dealkylation sites (tertiary alicyclic amines) is 1. The number of carbonyl (C=O) groups is 1. The Labute approximate surface area is 225 Å². The molecule has 1 amide bonds. The molecule has 2 aromatic heterocycles. The fourth-order valence-corrected chi connectivity index (χ4v) is 6.37. The maximum absolute atomic E-state index is 13.5. The highest BCUT2D eigenvalue weighted by molar-refractivity contribution is 9.10. The van der Waals surface area contributed by atoms with Crippen molar-refractivity contribution in [2.75, 3.05) is 13.1 Å². The molecule has 1 fully saturated rings. The lowest BCUT2D eigenvalue weighted by Gasteiger charge is -2.36. The van der Waals surface area contributed by atoms with E-state index in [0.717, 1.165) is 34.3 Å². The van der Waals surface area contributed by atoms with Crippen LogP contribution in [0.1, 0.15) is 48.6 Å². The zero-order valence-electron chi connectivity index (χ0n) is 20.5. The van der Waals surface area contributed by atoms with Crippen LogP contribution in [0.25, 0.3) is 11.4 Å². The molecule has 2 aliphatic heterocycles. The molecular weight excluding hydrogens is 528 g/mol. The Kier molecular flexibility index (Phi) is 6.42. The number of hydrogen-bond acceptors (Lipinski definition) is 4. The zero-order valence-corrected chi connectivity index (χ0v) is 22.1. The lowest BCUT2D eigenvalue weighted by molar-refractivity contribution is -0.133. The lowest BCUT2D eigenvalue weighted by Crippen LogP contribution is -2.41. The molecule has 2 atom stereocenters. The van der Waals surface area contributed by atoms with Gasteiger partial charge in [0.2, 0.25) is 5.91 Å². The highest BCUT2D eigenvalue weighted by Gasteiger charge is 2.45. The predicted molar refractivity (Wildman–Crippen MR) is 146 cm³/mol. The highest BCUT2D eigenvalue weighted by Crippen LogP contribution is 2.49. The van der Waals surface area contributed by atoms with Crippen LogP contribution in [0.2, 0.25) is 0 Å². The van der Waals surface area contributed by atoms with Crippen LogP contribution >= 0.6 is 15.9 Å². The van der Waals surface area contributed by atoms with E-state index in [1.165, 1.54) is 5.56 Å². The molecule has 0 bridgehead atoms. The summed E-state index contributed by atoms with van der Waals surface area (Å²) in [7, 11) is 0. The number of imidazole rings is 1. The van der Waals surface area contributed by atoms with Gasteiger partial charge < -0.3 is 14.6 Å². The number of nitrogens with zero attached hydrogens (tertiary/aromatic N) is 4. The Balaban J connectivity index is 1.22.